The zero-order valence-corrected chi connectivity index (χ0v) is 11.3. The van der Waals surface area contributed by atoms with Gasteiger partial charge in [0.2, 0.25) is 0 Å². The summed E-state index contributed by atoms with van der Waals surface area (Å²) in [5.41, 5.74) is 2.02. The molecular weight excluding hydrogens is 276 g/mol. The van der Waals surface area contributed by atoms with Gasteiger partial charge >= 0.3 is 0 Å². The van der Waals surface area contributed by atoms with E-state index in [2.05, 4.69) is 11.4 Å². The molecule has 1 N–H and O–H groups in total. The molecule has 2 aromatic carbocycles. The molecule has 0 fully saturated rings. The Balaban J connectivity index is 1.90. The van der Waals surface area contributed by atoms with E-state index in [-0.39, 0.29) is 0 Å². The first-order valence-electron chi connectivity index (χ1n) is 6.12. The van der Waals surface area contributed by atoms with Crippen molar-refractivity contribution in [2.24, 2.45) is 0 Å². The van der Waals surface area contributed by atoms with Crippen LogP contribution in [0.25, 0.3) is 0 Å². The average Bonchev–Trinajstić information content (AvgIpc) is 2.49. The minimum absolute atomic E-state index is 0.493. The fourth-order valence-electron chi connectivity index (χ4n) is 1.99. The second-order valence-corrected chi connectivity index (χ2v) is 4.72. The summed E-state index contributed by atoms with van der Waals surface area (Å²) in [6.45, 7) is 1.11. The molecule has 1 aliphatic heterocycles. The van der Waals surface area contributed by atoms with Gasteiger partial charge < -0.3 is 14.8 Å². The maximum atomic E-state index is 9.12. The van der Waals surface area contributed by atoms with Crippen LogP contribution in [0.3, 0.4) is 0 Å². The summed E-state index contributed by atoms with van der Waals surface area (Å²) in [6, 6.07) is 12.8. The van der Waals surface area contributed by atoms with Crippen molar-refractivity contribution in [2.45, 2.75) is 0 Å². The molecule has 0 bridgehead atoms. The molecule has 4 nitrogen and oxygen atoms in total. The van der Waals surface area contributed by atoms with Crippen LogP contribution < -0.4 is 14.8 Å². The van der Waals surface area contributed by atoms with Crippen molar-refractivity contribution < 1.29 is 9.47 Å². The van der Waals surface area contributed by atoms with E-state index in [0.717, 1.165) is 11.4 Å². The van der Waals surface area contributed by atoms with E-state index in [4.69, 9.17) is 26.3 Å². The van der Waals surface area contributed by atoms with Gasteiger partial charge in [-0.05, 0) is 30.3 Å². The summed E-state index contributed by atoms with van der Waals surface area (Å²) in [6.07, 6.45) is 0. The van der Waals surface area contributed by atoms with E-state index >= 15 is 0 Å². The van der Waals surface area contributed by atoms with E-state index in [0.29, 0.717) is 35.2 Å². The average molecular weight is 287 g/mol. The zero-order valence-electron chi connectivity index (χ0n) is 10.5. The number of ether oxygens (including phenoxy) is 2. The first-order chi connectivity index (χ1) is 9.76. The minimum atomic E-state index is 0.493. The van der Waals surface area contributed by atoms with Gasteiger partial charge in [-0.2, -0.15) is 5.26 Å². The maximum Gasteiger partial charge on any atom is 0.163 e. The van der Waals surface area contributed by atoms with Gasteiger partial charge in [-0.3, -0.25) is 0 Å². The van der Waals surface area contributed by atoms with Gasteiger partial charge in [-0.15, -0.1) is 0 Å². The van der Waals surface area contributed by atoms with E-state index < -0.39 is 0 Å². The Morgan fingerprint density at radius 1 is 1.05 bits per heavy atom. The molecule has 2 aromatic rings. The van der Waals surface area contributed by atoms with E-state index in [1.807, 2.05) is 18.2 Å². The highest BCUT2D eigenvalue weighted by Crippen LogP contribution is 2.34. The van der Waals surface area contributed by atoms with Crippen LogP contribution in [0.5, 0.6) is 11.5 Å². The first kappa shape index (κ1) is 12.6. The van der Waals surface area contributed by atoms with Crippen LogP contribution >= 0.6 is 11.6 Å². The second kappa shape index (κ2) is 5.32. The lowest BCUT2D eigenvalue weighted by atomic mass is 10.2. The molecule has 20 heavy (non-hydrogen) atoms. The lowest BCUT2D eigenvalue weighted by molar-refractivity contribution is 0.171. The molecule has 0 aliphatic carbocycles. The zero-order chi connectivity index (χ0) is 13.9. The molecule has 0 atom stereocenters. The van der Waals surface area contributed by atoms with Gasteiger partial charge in [0.05, 0.1) is 11.3 Å². The van der Waals surface area contributed by atoms with Crippen molar-refractivity contribution in [1.82, 2.24) is 0 Å². The maximum absolute atomic E-state index is 9.12. The van der Waals surface area contributed by atoms with Gasteiger partial charge in [0, 0.05) is 16.8 Å². The number of anilines is 2. The Morgan fingerprint density at radius 3 is 2.65 bits per heavy atom. The lowest BCUT2D eigenvalue weighted by Crippen LogP contribution is -2.15. The van der Waals surface area contributed by atoms with Crippen LogP contribution in [0, 0.1) is 11.3 Å². The topological polar surface area (TPSA) is 54.3 Å². The highest BCUT2D eigenvalue weighted by atomic mass is 35.5. The van der Waals surface area contributed by atoms with Crippen molar-refractivity contribution in [2.75, 3.05) is 18.5 Å². The summed E-state index contributed by atoms with van der Waals surface area (Å²) >= 11 is 5.88. The number of fused-ring (bicyclic) bond motifs is 1. The number of rotatable bonds is 2. The largest absolute Gasteiger partial charge is 0.486 e. The molecule has 5 heteroatoms. The molecule has 100 valence electrons. The van der Waals surface area contributed by atoms with Crippen LogP contribution in [0.15, 0.2) is 36.4 Å². The molecule has 0 saturated carbocycles. The van der Waals surface area contributed by atoms with Crippen LogP contribution in [0.4, 0.5) is 11.4 Å². The number of nitriles is 1. The first-order valence-corrected chi connectivity index (χ1v) is 6.50. The van der Waals surface area contributed by atoms with Crippen LogP contribution in [0.1, 0.15) is 5.56 Å². The van der Waals surface area contributed by atoms with Crippen molar-refractivity contribution in [3.05, 3.63) is 47.0 Å². The second-order valence-electron chi connectivity index (χ2n) is 4.29. The fraction of sp³-hybridized carbons (Fsp3) is 0.133. The molecule has 0 amide bonds. The number of hydrogen-bond donors (Lipinski definition) is 1. The summed E-state index contributed by atoms with van der Waals surface area (Å²) < 4.78 is 11.0. The Bertz CT molecular complexity index is 695. The predicted octanol–water partition coefficient (Wildman–Crippen LogP) is 3.73. The third-order valence-corrected chi connectivity index (χ3v) is 3.16. The Kier molecular flexibility index (Phi) is 3.36. The highest BCUT2D eigenvalue weighted by molar-refractivity contribution is 6.30. The summed E-state index contributed by atoms with van der Waals surface area (Å²) in [4.78, 5) is 0. The van der Waals surface area contributed by atoms with Crippen LogP contribution in [0.2, 0.25) is 5.02 Å². The smallest absolute Gasteiger partial charge is 0.163 e. The third kappa shape index (κ3) is 2.49. The SMILES string of the molecule is N#Cc1cc(Cl)ccc1Nc1ccc2c(c1)OCCO2. The van der Waals surface area contributed by atoms with E-state index in [1.165, 1.54) is 0 Å². The quantitative estimate of drug-likeness (QED) is 0.914. The number of benzene rings is 2. The molecule has 0 aromatic heterocycles. The van der Waals surface area contributed by atoms with Crippen LogP contribution in [-0.4, -0.2) is 13.2 Å². The van der Waals surface area contributed by atoms with E-state index in [9.17, 15) is 0 Å². The molecular formula is C15H11ClN2O2. The number of nitrogens with zero attached hydrogens (tertiary/aromatic N) is 1. The Morgan fingerprint density at radius 2 is 1.85 bits per heavy atom. The standard InChI is InChI=1S/C15H11ClN2O2/c16-11-1-3-13(10(7-11)9-17)18-12-2-4-14-15(8-12)20-6-5-19-14/h1-4,7-8,18H,5-6H2. The summed E-state index contributed by atoms with van der Waals surface area (Å²) in [7, 11) is 0. The molecule has 0 saturated heterocycles. The van der Waals surface area contributed by atoms with Crippen molar-refractivity contribution in [3.63, 3.8) is 0 Å². The molecule has 0 spiro atoms. The van der Waals surface area contributed by atoms with Gasteiger partial charge in [0.25, 0.3) is 0 Å². The molecule has 3 rings (SSSR count). The van der Waals surface area contributed by atoms with E-state index in [1.54, 1.807) is 18.2 Å². The molecule has 0 radical (unpaired) electrons. The predicted molar refractivity (Wildman–Crippen MR) is 76.9 cm³/mol. The molecule has 1 aliphatic rings. The monoisotopic (exact) mass is 286 g/mol. The fourth-order valence-corrected chi connectivity index (χ4v) is 2.17. The van der Waals surface area contributed by atoms with Gasteiger partial charge in [-0.1, -0.05) is 11.6 Å². The normalized spacial score (nSPS) is 12.6. The minimum Gasteiger partial charge on any atom is -0.486 e. The Hall–Kier alpha value is -2.38. The third-order valence-electron chi connectivity index (χ3n) is 2.92. The van der Waals surface area contributed by atoms with Gasteiger partial charge in [0.1, 0.15) is 19.3 Å². The van der Waals surface area contributed by atoms with Gasteiger partial charge in [0.15, 0.2) is 11.5 Å². The van der Waals surface area contributed by atoms with Crippen LogP contribution in [-0.2, 0) is 0 Å². The number of hydrogen-bond acceptors (Lipinski definition) is 4. The molecule has 0 unspecified atom stereocenters. The van der Waals surface area contributed by atoms with Crippen molar-refractivity contribution in [1.29, 1.82) is 5.26 Å². The Labute approximate surface area is 121 Å². The summed E-state index contributed by atoms with van der Waals surface area (Å²) in [5.74, 6) is 1.44. The summed E-state index contributed by atoms with van der Waals surface area (Å²) in [5, 5.41) is 12.8. The van der Waals surface area contributed by atoms with Crippen molar-refractivity contribution in [3.8, 4) is 17.6 Å². The van der Waals surface area contributed by atoms with Gasteiger partial charge in [-0.25, -0.2) is 0 Å². The highest BCUT2D eigenvalue weighted by Gasteiger charge is 2.12. The van der Waals surface area contributed by atoms with Crippen molar-refractivity contribution >= 4 is 23.0 Å². The number of nitrogens with one attached hydrogen (secondary N) is 1. The number of halogens is 1. The molecule has 1 heterocycles. The lowest BCUT2D eigenvalue weighted by Gasteiger charge is -2.19.